The first kappa shape index (κ1) is 23.4. The van der Waals surface area contributed by atoms with Gasteiger partial charge in [0.2, 0.25) is 5.95 Å². The molecule has 0 saturated heterocycles. The lowest BCUT2D eigenvalue weighted by Gasteiger charge is -2.40. The minimum atomic E-state index is -0.404. The van der Waals surface area contributed by atoms with Crippen LogP contribution in [0.5, 0.6) is 5.75 Å². The van der Waals surface area contributed by atoms with Gasteiger partial charge < -0.3 is 24.8 Å². The van der Waals surface area contributed by atoms with Gasteiger partial charge >= 0.3 is 0 Å². The van der Waals surface area contributed by atoms with Crippen molar-refractivity contribution < 1.29 is 13.9 Å². The van der Waals surface area contributed by atoms with Gasteiger partial charge in [0.25, 0.3) is 5.91 Å². The van der Waals surface area contributed by atoms with Gasteiger partial charge in [-0.1, -0.05) is 12.1 Å². The van der Waals surface area contributed by atoms with E-state index in [1.165, 1.54) is 24.3 Å². The maximum Gasteiger partial charge on any atom is 0.254 e. The number of anilines is 1. The molecule has 1 amide bonds. The summed E-state index contributed by atoms with van der Waals surface area (Å²) in [6, 6.07) is 8.93. The molecule has 1 atom stereocenters. The fraction of sp³-hybridized carbons (Fsp3) is 0.407. The highest BCUT2D eigenvalue weighted by Crippen LogP contribution is 2.55. The van der Waals surface area contributed by atoms with E-state index in [0.717, 1.165) is 35.5 Å². The minimum absolute atomic E-state index is 0.0164. The number of imidazole rings is 1. The Bertz CT molecular complexity index is 1270. The molecule has 2 heterocycles. The molecule has 1 unspecified atom stereocenters. The summed E-state index contributed by atoms with van der Waals surface area (Å²) in [5.41, 5.74) is 5.07. The number of nitrogens with zero attached hydrogens (tertiary/aromatic N) is 3. The Morgan fingerprint density at radius 2 is 2.03 bits per heavy atom. The molecule has 2 aromatic carbocycles. The number of benzene rings is 2. The Labute approximate surface area is 205 Å². The third-order valence-electron chi connectivity index (χ3n) is 7.41. The van der Waals surface area contributed by atoms with Crippen LogP contribution < -0.4 is 15.4 Å². The molecule has 184 valence electrons. The standard InChI is InChI=1S/C27H32FN5O2/c1-17(19-5-6-22(28)23(13-19)35-4)33-16-27(7-8-27)24-20(14-29-2)11-18(12-21(24)25(33)34)15-32-10-9-31-26(32)30-3/h5-6,9-13,17,29H,7-8,14-16H2,1-4H3,(H,30,31). The van der Waals surface area contributed by atoms with Crippen LogP contribution >= 0.6 is 0 Å². The average molecular weight is 478 g/mol. The second-order valence-electron chi connectivity index (χ2n) is 9.62. The number of fused-ring (bicyclic) bond motifs is 2. The molecule has 3 aromatic rings. The molecule has 7 nitrogen and oxygen atoms in total. The van der Waals surface area contributed by atoms with Crippen molar-refractivity contribution >= 4 is 11.9 Å². The van der Waals surface area contributed by atoms with Gasteiger partial charge in [-0.3, -0.25) is 4.79 Å². The molecule has 1 aromatic heterocycles. The lowest BCUT2D eigenvalue weighted by Crippen LogP contribution is -2.45. The van der Waals surface area contributed by atoms with Gasteiger partial charge in [-0.2, -0.15) is 0 Å². The molecule has 5 rings (SSSR count). The molecular formula is C27H32FN5O2. The quantitative estimate of drug-likeness (QED) is 0.511. The molecule has 0 bridgehead atoms. The zero-order chi connectivity index (χ0) is 24.7. The number of ether oxygens (including phenoxy) is 1. The smallest absolute Gasteiger partial charge is 0.254 e. The third-order valence-corrected chi connectivity index (χ3v) is 7.41. The maximum absolute atomic E-state index is 14.0. The predicted molar refractivity (Wildman–Crippen MR) is 133 cm³/mol. The number of hydrogen-bond donors (Lipinski definition) is 2. The van der Waals surface area contributed by atoms with Gasteiger partial charge in [-0.25, -0.2) is 9.37 Å². The SMILES string of the molecule is CNCc1cc(Cn2ccnc2NC)cc2c1C1(CC1)CN(C(C)c1ccc(F)c(OC)c1)C2=O. The van der Waals surface area contributed by atoms with E-state index in [1.54, 1.807) is 18.3 Å². The molecule has 8 heteroatoms. The number of hydrogen-bond acceptors (Lipinski definition) is 5. The summed E-state index contributed by atoms with van der Waals surface area (Å²) >= 11 is 0. The maximum atomic E-state index is 14.0. The van der Waals surface area contributed by atoms with Crippen molar-refractivity contribution in [1.29, 1.82) is 0 Å². The molecule has 1 aliphatic carbocycles. The Morgan fingerprint density at radius 3 is 2.71 bits per heavy atom. The first-order valence-corrected chi connectivity index (χ1v) is 12.0. The van der Waals surface area contributed by atoms with Crippen molar-refractivity contribution in [2.24, 2.45) is 0 Å². The lowest BCUT2D eigenvalue weighted by molar-refractivity contribution is 0.0637. The molecule has 0 radical (unpaired) electrons. The van der Waals surface area contributed by atoms with E-state index < -0.39 is 5.82 Å². The molecule has 1 aliphatic heterocycles. The van der Waals surface area contributed by atoms with Crippen LogP contribution in [0.2, 0.25) is 0 Å². The summed E-state index contributed by atoms with van der Waals surface area (Å²) < 4.78 is 21.3. The van der Waals surface area contributed by atoms with E-state index in [4.69, 9.17) is 4.74 Å². The number of amides is 1. The summed E-state index contributed by atoms with van der Waals surface area (Å²) in [6.07, 6.45) is 5.82. The van der Waals surface area contributed by atoms with Gasteiger partial charge in [0.05, 0.1) is 19.7 Å². The topological polar surface area (TPSA) is 71.4 Å². The summed E-state index contributed by atoms with van der Waals surface area (Å²) in [5, 5.41) is 6.41. The lowest BCUT2D eigenvalue weighted by atomic mass is 9.81. The van der Waals surface area contributed by atoms with E-state index in [1.807, 2.05) is 36.7 Å². The van der Waals surface area contributed by atoms with E-state index >= 15 is 0 Å². The Morgan fingerprint density at radius 1 is 1.23 bits per heavy atom. The van der Waals surface area contributed by atoms with Crippen LogP contribution in [0.15, 0.2) is 42.7 Å². The highest BCUT2D eigenvalue weighted by Gasteiger charge is 2.53. The number of rotatable bonds is 8. The van der Waals surface area contributed by atoms with Crippen molar-refractivity contribution in [1.82, 2.24) is 19.8 Å². The van der Waals surface area contributed by atoms with Crippen molar-refractivity contribution in [2.75, 3.05) is 33.1 Å². The van der Waals surface area contributed by atoms with Crippen LogP contribution in [0.1, 0.15) is 58.4 Å². The van der Waals surface area contributed by atoms with Crippen LogP contribution in [-0.4, -0.2) is 48.1 Å². The molecule has 1 spiro atoms. The molecule has 35 heavy (non-hydrogen) atoms. The first-order valence-electron chi connectivity index (χ1n) is 12.0. The second kappa shape index (κ2) is 9.00. The molecular weight excluding hydrogens is 445 g/mol. The largest absolute Gasteiger partial charge is 0.494 e. The number of halogens is 1. The number of methoxy groups -OCH3 is 1. The van der Waals surface area contributed by atoms with E-state index in [0.29, 0.717) is 19.6 Å². The van der Waals surface area contributed by atoms with Gasteiger partial charge in [0.15, 0.2) is 11.6 Å². The van der Waals surface area contributed by atoms with Crippen molar-refractivity contribution in [3.63, 3.8) is 0 Å². The average Bonchev–Trinajstić information content (AvgIpc) is 3.48. The second-order valence-corrected chi connectivity index (χ2v) is 9.62. The first-order chi connectivity index (χ1) is 16.9. The molecule has 1 fully saturated rings. The van der Waals surface area contributed by atoms with Gasteiger partial charge in [-0.05, 0) is 67.3 Å². The fourth-order valence-corrected chi connectivity index (χ4v) is 5.47. The molecule has 2 N–H and O–H groups in total. The van der Waals surface area contributed by atoms with E-state index in [-0.39, 0.29) is 23.1 Å². The number of carbonyl (C=O) groups excluding carboxylic acids is 1. The predicted octanol–water partition coefficient (Wildman–Crippen LogP) is 4.09. The van der Waals surface area contributed by atoms with Crippen LogP contribution in [0.3, 0.4) is 0 Å². The third kappa shape index (κ3) is 4.05. The Balaban J connectivity index is 1.55. The van der Waals surface area contributed by atoms with Crippen LogP contribution in [-0.2, 0) is 18.5 Å². The summed E-state index contributed by atoms with van der Waals surface area (Å²) in [7, 11) is 5.25. The summed E-state index contributed by atoms with van der Waals surface area (Å²) in [6.45, 7) is 4.00. The zero-order valence-electron chi connectivity index (χ0n) is 20.7. The Kier molecular flexibility index (Phi) is 6.01. The van der Waals surface area contributed by atoms with Gasteiger partial charge in [-0.15, -0.1) is 0 Å². The highest BCUT2D eigenvalue weighted by molar-refractivity contribution is 5.99. The Hall–Kier alpha value is -3.39. The van der Waals surface area contributed by atoms with Crippen LogP contribution in [0.4, 0.5) is 10.3 Å². The fourth-order valence-electron chi connectivity index (χ4n) is 5.47. The summed E-state index contributed by atoms with van der Waals surface area (Å²) in [5.74, 6) is 0.592. The highest BCUT2D eigenvalue weighted by atomic mass is 19.1. The minimum Gasteiger partial charge on any atom is -0.494 e. The van der Waals surface area contributed by atoms with Crippen LogP contribution in [0, 0.1) is 5.82 Å². The number of carbonyl (C=O) groups is 1. The van der Waals surface area contributed by atoms with E-state index in [2.05, 4.69) is 27.8 Å². The van der Waals surface area contributed by atoms with Gasteiger partial charge in [0, 0.05) is 43.5 Å². The molecule has 1 saturated carbocycles. The van der Waals surface area contributed by atoms with Crippen molar-refractivity contribution in [3.8, 4) is 5.75 Å². The van der Waals surface area contributed by atoms with Crippen molar-refractivity contribution in [3.05, 3.63) is 76.4 Å². The van der Waals surface area contributed by atoms with Crippen molar-refractivity contribution in [2.45, 2.75) is 44.3 Å². The normalized spacial score (nSPS) is 16.8. The number of nitrogens with one attached hydrogen (secondary N) is 2. The van der Waals surface area contributed by atoms with E-state index in [9.17, 15) is 9.18 Å². The summed E-state index contributed by atoms with van der Waals surface area (Å²) in [4.78, 5) is 20.3. The van der Waals surface area contributed by atoms with Crippen LogP contribution in [0.25, 0.3) is 0 Å². The zero-order valence-corrected chi connectivity index (χ0v) is 20.7. The number of aromatic nitrogens is 2. The van der Waals surface area contributed by atoms with Gasteiger partial charge in [0.1, 0.15) is 0 Å². The monoisotopic (exact) mass is 477 g/mol. The molecule has 2 aliphatic rings.